The summed E-state index contributed by atoms with van der Waals surface area (Å²) in [6, 6.07) is 8.53. The third kappa shape index (κ3) is 10.4. The summed E-state index contributed by atoms with van der Waals surface area (Å²) >= 11 is 0. The lowest BCUT2D eigenvalue weighted by Gasteiger charge is -2.22. The minimum atomic E-state index is 0. The number of benzene rings is 1. The van der Waals surface area contributed by atoms with Crippen LogP contribution in [-0.2, 0) is 27.4 Å². The molecule has 0 unspecified atom stereocenters. The Labute approximate surface area is 198 Å². The molecule has 0 spiro atoms. The SMILES string of the molecule is CCNC(=NCc1cccc(COC2CCOCC2)c1)NCCCOCC1CC1.I. The first-order valence-corrected chi connectivity index (χ1v) is 11.2. The van der Waals surface area contributed by atoms with Crippen LogP contribution in [-0.4, -0.2) is 51.6 Å². The van der Waals surface area contributed by atoms with Crippen molar-refractivity contribution in [2.45, 2.75) is 58.3 Å². The minimum Gasteiger partial charge on any atom is -0.381 e. The molecule has 2 N–H and O–H groups in total. The molecule has 0 aromatic heterocycles. The Balaban J connectivity index is 0.00000320. The summed E-state index contributed by atoms with van der Waals surface area (Å²) in [5.74, 6) is 1.69. The molecule has 2 fully saturated rings. The quantitative estimate of drug-likeness (QED) is 0.186. The van der Waals surface area contributed by atoms with Gasteiger partial charge in [-0.1, -0.05) is 24.3 Å². The van der Waals surface area contributed by atoms with Crippen LogP contribution in [0.5, 0.6) is 0 Å². The zero-order valence-corrected chi connectivity index (χ0v) is 20.6. The summed E-state index contributed by atoms with van der Waals surface area (Å²) < 4.78 is 17.1. The van der Waals surface area contributed by atoms with Gasteiger partial charge in [0.15, 0.2) is 5.96 Å². The predicted octanol–water partition coefficient (Wildman–Crippen LogP) is 3.87. The largest absolute Gasteiger partial charge is 0.381 e. The van der Waals surface area contributed by atoms with Gasteiger partial charge >= 0.3 is 0 Å². The van der Waals surface area contributed by atoms with Gasteiger partial charge < -0.3 is 24.8 Å². The number of guanidine groups is 1. The highest BCUT2D eigenvalue weighted by Gasteiger charge is 2.20. The molecule has 1 saturated carbocycles. The van der Waals surface area contributed by atoms with Gasteiger partial charge in [0, 0.05) is 39.5 Å². The highest BCUT2D eigenvalue weighted by Crippen LogP contribution is 2.28. The van der Waals surface area contributed by atoms with Crippen molar-refractivity contribution in [2.24, 2.45) is 10.9 Å². The summed E-state index contributed by atoms with van der Waals surface area (Å²) in [7, 11) is 0. The van der Waals surface area contributed by atoms with E-state index in [0.717, 1.165) is 70.7 Å². The molecule has 7 heteroatoms. The van der Waals surface area contributed by atoms with Crippen LogP contribution in [0.25, 0.3) is 0 Å². The van der Waals surface area contributed by atoms with Crippen molar-refractivity contribution in [3.8, 4) is 0 Å². The summed E-state index contributed by atoms with van der Waals surface area (Å²) in [4.78, 5) is 4.73. The van der Waals surface area contributed by atoms with Crippen LogP contribution < -0.4 is 10.6 Å². The molecule has 0 radical (unpaired) electrons. The van der Waals surface area contributed by atoms with Crippen molar-refractivity contribution in [1.82, 2.24) is 10.6 Å². The van der Waals surface area contributed by atoms with Gasteiger partial charge in [-0.2, -0.15) is 0 Å². The summed E-state index contributed by atoms with van der Waals surface area (Å²) in [6.45, 7) is 8.49. The maximum atomic E-state index is 6.04. The van der Waals surface area contributed by atoms with Crippen LogP contribution >= 0.6 is 24.0 Å². The zero-order valence-electron chi connectivity index (χ0n) is 18.2. The van der Waals surface area contributed by atoms with Gasteiger partial charge in [-0.15, -0.1) is 24.0 Å². The second kappa shape index (κ2) is 15.0. The average Bonchev–Trinajstić information content (AvgIpc) is 3.58. The molecule has 1 aliphatic carbocycles. The Morgan fingerprint density at radius 2 is 1.93 bits per heavy atom. The first-order chi connectivity index (χ1) is 14.3. The molecule has 3 rings (SSSR count). The lowest BCUT2D eigenvalue weighted by Crippen LogP contribution is -2.38. The number of hydrogen-bond donors (Lipinski definition) is 2. The Morgan fingerprint density at radius 1 is 1.13 bits per heavy atom. The molecule has 2 aliphatic rings. The Kier molecular flexibility index (Phi) is 12.7. The van der Waals surface area contributed by atoms with E-state index in [9.17, 15) is 0 Å². The molecular weight excluding hydrogens is 493 g/mol. The minimum absolute atomic E-state index is 0. The standard InChI is InChI=1S/C23H37N3O3.HI/c1-2-24-23(25-11-4-12-28-17-19-7-8-19)26-16-20-5-3-6-21(15-20)18-29-22-9-13-27-14-10-22;/h3,5-6,15,19,22H,2,4,7-14,16-18H2,1H3,(H2,24,25,26);1H. The Bertz CT molecular complexity index is 619. The Morgan fingerprint density at radius 3 is 2.70 bits per heavy atom. The molecule has 0 atom stereocenters. The van der Waals surface area contributed by atoms with Gasteiger partial charge in [-0.3, -0.25) is 0 Å². The molecule has 170 valence electrons. The van der Waals surface area contributed by atoms with Crippen molar-refractivity contribution in [3.63, 3.8) is 0 Å². The van der Waals surface area contributed by atoms with E-state index >= 15 is 0 Å². The molecule has 1 saturated heterocycles. The van der Waals surface area contributed by atoms with Crippen LogP contribution in [0.1, 0.15) is 50.2 Å². The molecular formula is C23H38IN3O3. The van der Waals surface area contributed by atoms with E-state index in [2.05, 4.69) is 41.8 Å². The van der Waals surface area contributed by atoms with Crippen molar-refractivity contribution >= 4 is 29.9 Å². The summed E-state index contributed by atoms with van der Waals surface area (Å²) in [5.41, 5.74) is 2.40. The smallest absolute Gasteiger partial charge is 0.191 e. The van der Waals surface area contributed by atoms with Crippen molar-refractivity contribution in [1.29, 1.82) is 0 Å². The van der Waals surface area contributed by atoms with E-state index in [1.807, 2.05) is 0 Å². The van der Waals surface area contributed by atoms with Gasteiger partial charge in [0.2, 0.25) is 0 Å². The highest BCUT2D eigenvalue weighted by molar-refractivity contribution is 14.0. The third-order valence-electron chi connectivity index (χ3n) is 5.22. The first kappa shape index (κ1) is 25.4. The van der Waals surface area contributed by atoms with Crippen LogP contribution in [0, 0.1) is 5.92 Å². The van der Waals surface area contributed by atoms with E-state index in [0.29, 0.717) is 19.3 Å². The lowest BCUT2D eigenvalue weighted by atomic mass is 10.1. The molecule has 30 heavy (non-hydrogen) atoms. The van der Waals surface area contributed by atoms with Gasteiger partial charge in [-0.05, 0) is 56.1 Å². The number of halogens is 1. The van der Waals surface area contributed by atoms with E-state index < -0.39 is 0 Å². The monoisotopic (exact) mass is 531 g/mol. The third-order valence-corrected chi connectivity index (χ3v) is 5.22. The maximum Gasteiger partial charge on any atom is 0.191 e. The topological polar surface area (TPSA) is 64.1 Å². The van der Waals surface area contributed by atoms with Crippen molar-refractivity contribution in [3.05, 3.63) is 35.4 Å². The molecule has 1 heterocycles. The van der Waals surface area contributed by atoms with Crippen molar-refractivity contribution in [2.75, 3.05) is 39.5 Å². The van der Waals surface area contributed by atoms with E-state index in [4.69, 9.17) is 19.2 Å². The number of ether oxygens (including phenoxy) is 3. The predicted molar refractivity (Wildman–Crippen MR) is 131 cm³/mol. The summed E-state index contributed by atoms with van der Waals surface area (Å²) in [6.07, 6.45) is 6.00. The number of nitrogens with one attached hydrogen (secondary N) is 2. The van der Waals surface area contributed by atoms with Gasteiger partial charge in [0.1, 0.15) is 0 Å². The maximum absolute atomic E-state index is 6.04. The number of nitrogens with zero attached hydrogens (tertiary/aromatic N) is 1. The van der Waals surface area contributed by atoms with Gasteiger partial charge in [0.05, 0.1) is 19.3 Å². The molecule has 0 bridgehead atoms. The van der Waals surface area contributed by atoms with Gasteiger partial charge in [0.25, 0.3) is 0 Å². The van der Waals surface area contributed by atoms with Crippen LogP contribution in [0.4, 0.5) is 0 Å². The number of rotatable bonds is 12. The highest BCUT2D eigenvalue weighted by atomic mass is 127. The zero-order chi connectivity index (χ0) is 20.2. The van der Waals surface area contributed by atoms with Crippen LogP contribution in [0.2, 0.25) is 0 Å². The van der Waals surface area contributed by atoms with Crippen LogP contribution in [0.15, 0.2) is 29.3 Å². The second-order valence-corrected chi connectivity index (χ2v) is 7.94. The molecule has 1 aromatic carbocycles. The Hall–Kier alpha value is -0.900. The first-order valence-electron chi connectivity index (χ1n) is 11.2. The number of hydrogen-bond acceptors (Lipinski definition) is 4. The fourth-order valence-electron chi connectivity index (χ4n) is 3.30. The van der Waals surface area contributed by atoms with Crippen molar-refractivity contribution < 1.29 is 14.2 Å². The van der Waals surface area contributed by atoms with Gasteiger partial charge in [-0.25, -0.2) is 4.99 Å². The van der Waals surface area contributed by atoms with E-state index in [1.54, 1.807) is 0 Å². The fourth-order valence-corrected chi connectivity index (χ4v) is 3.30. The summed E-state index contributed by atoms with van der Waals surface area (Å²) in [5, 5.41) is 6.72. The molecule has 0 amide bonds. The van der Waals surface area contributed by atoms with E-state index in [-0.39, 0.29) is 24.0 Å². The molecule has 1 aromatic rings. The normalized spacial score (nSPS) is 17.4. The number of aliphatic imine (C=N–C) groups is 1. The lowest BCUT2D eigenvalue weighted by molar-refractivity contribution is -0.0390. The fraction of sp³-hybridized carbons (Fsp3) is 0.696. The average molecular weight is 531 g/mol. The second-order valence-electron chi connectivity index (χ2n) is 7.94. The van der Waals surface area contributed by atoms with Crippen LogP contribution in [0.3, 0.4) is 0 Å². The molecule has 1 aliphatic heterocycles. The van der Waals surface area contributed by atoms with E-state index in [1.165, 1.54) is 24.0 Å². The molecule has 6 nitrogen and oxygen atoms in total.